The van der Waals surface area contributed by atoms with Gasteiger partial charge in [-0.3, -0.25) is 9.59 Å². The number of aromatic nitrogens is 2. The van der Waals surface area contributed by atoms with Crippen LogP contribution >= 0.6 is 0 Å². The number of amides is 2. The van der Waals surface area contributed by atoms with Crippen molar-refractivity contribution in [2.24, 2.45) is 0 Å². The van der Waals surface area contributed by atoms with Crippen molar-refractivity contribution in [3.05, 3.63) is 72.2 Å². The molecule has 2 amide bonds. The number of hydrogen-bond donors (Lipinski definition) is 1. The van der Waals surface area contributed by atoms with E-state index in [4.69, 9.17) is 4.42 Å². The Hall–Kier alpha value is -3.87. The van der Waals surface area contributed by atoms with E-state index >= 15 is 0 Å². The third-order valence-corrected chi connectivity index (χ3v) is 5.48. The molecule has 0 aliphatic heterocycles. The van der Waals surface area contributed by atoms with E-state index in [-0.39, 0.29) is 24.1 Å². The van der Waals surface area contributed by atoms with Crippen LogP contribution in [-0.4, -0.2) is 39.4 Å². The molecule has 0 aliphatic carbocycles. The summed E-state index contributed by atoms with van der Waals surface area (Å²) in [4.78, 5) is 31.5. The molecule has 164 valence electrons. The van der Waals surface area contributed by atoms with Crippen LogP contribution in [0.1, 0.15) is 30.1 Å². The molecule has 0 atom stereocenters. The third kappa shape index (κ3) is 4.27. The van der Waals surface area contributed by atoms with E-state index in [0.717, 1.165) is 16.5 Å². The fourth-order valence-electron chi connectivity index (χ4n) is 3.74. The van der Waals surface area contributed by atoms with Crippen molar-refractivity contribution >= 4 is 28.4 Å². The van der Waals surface area contributed by atoms with E-state index < -0.39 is 0 Å². The predicted molar refractivity (Wildman–Crippen MR) is 124 cm³/mol. The molecule has 7 nitrogen and oxygen atoms in total. The fourth-order valence-corrected chi connectivity index (χ4v) is 3.74. The summed E-state index contributed by atoms with van der Waals surface area (Å²) in [6.45, 7) is 7.35. The lowest BCUT2D eigenvalue weighted by molar-refractivity contribution is -0.131. The Balaban J connectivity index is 1.51. The Kier molecular flexibility index (Phi) is 6.07. The summed E-state index contributed by atoms with van der Waals surface area (Å²) in [5.74, 6) is 0.631. The van der Waals surface area contributed by atoms with E-state index in [0.29, 0.717) is 30.4 Å². The number of likely N-dealkylation sites (N-methyl/N-ethyl adjacent to an activating group) is 1. The molecular weight excluding hydrogens is 404 g/mol. The van der Waals surface area contributed by atoms with Gasteiger partial charge in [0.05, 0.1) is 0 Å². The summed E-state index contributed by atoms with van der Waals surface area (Å²) in [7, 11) is 0. The highest BCUT2D eigenvalue weighted by molar-refractivity contribution is 6.04. The van der Waals surface area contributed by atoms with Crippen LogP contribution in [0.3, 0.4) is 0 Å². The lowest BCUT2D eigenvalue weighted by Gasteiger charge is -2.19. The Labute approximate surface area is 186 Å². The Morgan fingerprint density at radius 3 is 2.53 bits per heavy atom. The van der Waals surface area contributed by atoms with Gasteiger partial charge in [-0.05, 0) is 57.2 Å². The number of nitrogens with zero attached hydrogens (tertiary/aromatic N) is 3. The largest absolute Gasteiger partial charge is 0.441 e. The summed E-state index contributed by atoms with van der Waals surface area (Å²) in [6.07, 6.45) is 1.89. The molecule has 0 spiro atoms. The first-order chi connectivity index (χ1) is 15.5. The quantitative estimate of drug-likeness (QED) is 0.460. The minimum absolute atomic E-state index is 0.0839. The summed E-state index contributed by atoms with van der Waals surface area (Å²) >= 11 is 0. The number of rotatable bonds is 7. The number of fused-ring (bicyclic) bond motifs is 1. The number of aryl methyl sites for hydroxylation is 1. The molecule has 0 radical (unpaired) electrons. The van der Waals surface area contributed by atoms with E-state index in [1.165, 1.54) is 0 Å². The zero-order valence-corrected chi connectivity index (χ0v) is 18.5. The van der Waals surface area contributed by atoms with E-state index in [9.17, 15) is 9.59 Å². The number of carbonyl (C=O) groups is 2. The van der Waals surface area contributed by atoms with Crippen molar-refractivity contribution in [3.8, 4) is 11.5 Å². The van der Waals surface area contributed by atoms with Crippen molar-refractivity contribution in [3.63, 3.8) is 0 Å². The first-order valence-electron chi connectivity index (χ1n) is 10.7. The minimum atomic E-state index is -0.330. The Morgan fingerprint density at radius 1 is 1.06 bits per heavy atom. The van der Waals surface area contributed by atoms with Crippen molar-refractivity contribution in [2.45, 2.75) is 27.3 Å². The van der Waals surface area contributed by atoms with Gasteiger partial charge in [-0.2, -0.15) is 0 Å². The molecule has 1 N–H and O–H groups in total. The molecule has 0 saturated heterocycles. The maximum atomic E-state index is 12.8. The lowest BCUT2D eigenvalue weighted by Crippen LogP contribution is -2.33. The van der Waals surface area contributed by atoms with Crippen LogP contribution < -0.4 is 5.32 Å². The number of carbonyl (C=O) groups excluding carboxylic acids is 2. The molecule has 0 saturated carbocycles. The zero-order valence-electron chi connectivity index (χ0n) is 18.5. The number of anilines is 1. The van der Waals surface area contributed by atoms with Gasteiger partial charge in [0.1, 0.15) is 12.3 Å². The van der Waals surface area contributed by atoms with Crippen LogP contribution in [0.4, 0.5) is 5.69 Å². The number of benzene rings is 2. The highest BCUT2D eigenvalue weighted by atomic mass is 16.4. The van der Waals surface area contributed by atoms with Crippen LogP contribution in [0.25, 0.3) is 22.4 Å². The van der Waals surface area contributed by atoms with Crippen LogP contribution in [0, 0.1) is 6.92 Å². The van der Waals surface area contributed by atoms with E-state index in [1.807, 2.05) is 84.1 Å². The van der Waals surface area contributed by atoms with Gasteiger partial charge >= 0.3 is 0 Å². The molecule has 2 aromatic heterocycles. The monoisotopic (exact) mass is 430 g/mol. The molecule has 2 aromatic carbocycles. The Bertz CT molecular complexity index is 1250. The van der Waals surface area contributed by atoms with Crippen LogP contribution in [0.2, 0.25) is 0 Å². The van der Waals surface area contributed by atoms with Gasteiger partial charge in [-0.25, -0.2) is 4.98 Å². The molecule has 32 heavy (non-hydrogen) atoms. The second-order valence-corrected chi connectivity index (χ2v) is 7.53. The average Bonchev–Trinajstić information content (AvgIpc) is 3.38. The second kappa shape index (κ2) is 9.09. The molecule has 2 heterocycles. The maximum absolute atomic E-state index is 12.8. The van der Waals surface area contributed by atoms with Crippen molar-refractivity contribution < 1.29 is 14.0 Å². The number of hydrogen-bond acceptors (Lipinski definition) is 4. The molecule has 0 bridgehead atoms. The smallest absolute Gasteiger partial charge is 0.277 e. The molecule has 0 unspecified atom stereocenters. The maximum Gasteiger partial charge on any atom is 0.277 e. The number of nitrogens with one attached hydrogen (secondary N) is 1. The third-order valence-electron chi connectivity index (χ3n) is 5.48. The molecule has 0 aliphatic rings. The summed E-state index contributed by atoms with van der Waals surface area (Å²) < 4.78 is 7.62. The molecule has 4 aromatic rings. The predicted octanol–water partition coefficient (Wildman–Crippen LogP) is 4.73. The summed E-state index contributed by atoms with van der Waals surface area (Å²) in [5, 5.41) is 3.84. The van der Waals surface area contributed by atoms with Gasteiger partial charge in [0.15, 0.2) is 5.69 Å². The molecule has 0 fully saturated rings. The second-order valence-electron chi connectivity index (χ2n) is 7.53. The van der Waals surface area contributed by atoms with Gasteiger partial charge in [0, 0.05) is 41.4 Å². The van der Waals surface area contributed by atoms with E-state index in [1.54, 1.807) is 6.92 Å². The topological polar surface area (TPSA) is 80.4 Å². The standard InChI is InChI=1S/C25H26N4O3/c1-4-28(5-2)22(30)16-29-14-13-19-15-20(11-12-21(19)29)26-24(31)23-17(3)32-25(27-23)18-9-7-6-8-10-18/h6-15H,4-5,16H2,1-3H3,(H,26,31). The zero-order chi connectivity index (χ0) is 22.7. The Morgan fingerprint density at radius 2 is 1.81 bits per heavy atom. The van der Waals surface area contributed by atoms with Gasteiger partial charge < -0.3 is 19.2 Å². The number of oxazole rings is 1. The molecular formula is C25H26N4O3. The van der Waals surface area contributed by atoms with Crippen molar-refractivity contribution in [2.75, 3.05) is 18.4 Å². The first kappa shape index (κ1) is 21.4. The molecule has 4 rings (SSSR count). The first-order valence-corrected chi connectivity index (χ1v) is 10.7. The van der Waals surface area contributed by atoms with Crippen molar-refractivity contribution in [1.29, 1.82) is 0 Å². The fraction of sp³-hybridized carbons (Fsp3) is 0.240. The molecule has 7 heteroatoms. The minimum Gasteiger partial charge on any atom is -0.441 e. The van der Waals surface area contributed by atoms with Gasteiger partial charge in [0.2, 0.25) is 11.8 Å². The van der Waals surface area contributed by atoms with Crippen molar-refractivity contribution in [1.82, 2.24) is 14.5 Å². The highest BCUT2D eigenvalue weighted by Crippen LogP contribution is 2.24. The average molecular weight is 431 g/mol. The summed E-state index contributed by atoms with van der Waals surface area (Å²) in [5.41, 5.74) is 2.66. The highest BCUT2D eigenvalue weighted by Gasteiger charge is 2.19. The normalized spacial score (nSPS) is 11.0. The lowest BCUT2D eigenvalue weighted by atomic mass is 10.2. The SMILES string of the molecule is CCN(CC)C(=O)Cn1ccc2cc(NC(=O)c3nc(-c4ccccc4)oc3C)ccc21. The van der Waals surface area contributed by atoms with Gasteiger partial charge in [-0.15, -0.1) is 0 Å². The van der Waals surface area contributed by atoms with Crippen LogP contribution in [0.15, 0.2) is 65.2 Å². The van der Waals surface area contributed by atoms with Gasteiger partial charge in [-0.1, -0.05) is 18.2 Å². The summed E-state index contributed by atoms with van der Waals surface area (Å²) in [6, 6.07) is 17.0. The van der Waals surface area contributed by atoms with Crippen LogP contribution in [-0.2, 0) is 11.3 Å². The van der Waals surface area contributed by atoms with E-state index in [2.05, 4.69) is 10.3 Å². The van der Waals surface area contributed by atoms with Gasteiger partial charge in [0.25, 0.3) is 5.91 Å². The van der Waals surface area contributed by atoms with Crippen LogP contribution in [0.5, 0.6) is 0 Å².